The lowest BCUT2D eigenvalue weighted by Crippen LogP contribution is -2.20. The van der Waals surface area contributed by atoms with E-state index in [2.05, 4.69) is 13.8 Å². The molecule has 0 saturated heterocycles. The Balaban J connectivity index is 5.39. The summed E-state index contributed by atoms with van der Waals surface area (Å²) in [6.07, 6.45) is 12.3. The van der Waals surface area contributed by atoms with Crippen LogP contribution in [0, 0.1) is 11.8 Å². The van der Waals surface area contributed by atoms with E-state index in [1.54, 1.807) is 0 Å². The third-order valence-corrected chi connectivity index (χ3v) is 5.01. The van der Waals surface area contributed by atoms with Gasteiger partial charge < -0.3 is 9.47 Å². The highest BCUT2D eigenvalue weighted by atomic mass is 16.5. The molecule has 0 radical (unpaired) electrons. The normalized spacial score (nSPS) is 12.3. The van der Waals surface area contributed by atoms with Gasteiger partial charge in [-0.3, -0.25) is 0 Å². The zero-order valence-corrected chi connectivity index (χ0v) is 20.7. The van der Waals surface area contributed by atoms with Crippen LogP contribution in [0.4, 0.5) is 0 Å². The number of unbranched alkanes of at least 4 members (excludes halogenated alkanes) is 8. The molecular formula is C26H48O4. The van der Waals surface area contributed by atoms with Crippen molar-refractivity contribution in [3.63, 3.8) is 0 Å². The molecule has 30 heavy (non-hydrogen) atoms. The van der Waals surface area contributed by atoms with Crippen LogP contribution in [-0.2, 0) is 19.1 Å². The van der Waals surface area contributed by atoms with Crippen LogP contribution < -0.4 is 0 Å². The number of ether oxygens (including phenoxy) is 2. The molecule has 0 atom stereocenters. The maximum Gasteiger partial charge on any atom is 0.334 e. The summed E-state index contributed by atoms with van der Waals surface area (Å²) in [5, 5.41) is 0. The Morgan fingerprint density at radius 2 is 0.900 bits per heavy atom. The monoisotopic (exact) mass is 424 g/mol. The Labute approximate surface area is 186 Å². The zero-order chi connectivity index (χ0) is 22.8. The molecule has 0 aromatic carbocycles. The Kier molecular flexibility index (Phi) is 17.6. The largest absolute Gasteiger partial charge is 0.462 e. The SMILES string of the molecule is CCCCCCCC/C(C(=O)OCC(C)C)=C(\CCCCCC)C(=O)OCC(C)C. The molecule has 0 N–H and O–H groups in total. The Hall–Kier alpha value is -1.32. The van der Waals surface area contributed by atoms with Crippen molar-refractivity contribution in [3.8, 4) is 0 Å². The van der Waals surface area contributed by atoms with E-state index in [0.717, 1.165) is 38.5 Å². The van der Waals surface area contributed by atoms with Crippen LogP contribution in [0.15, 0.2) is 11.1 Å². The van der Waals surface area contributed by atoms with Crippen LogP contribution in [0.3, 0.4) is 0 Å². The predicted molar refractivity (Wildman–Crippen MR) is 125 cm³/mol. The third-order valence-electron chi connectivity index (χ3n) is 5.01. The first-order valence-electron chi connectivity index (χ1n) is 12.4. The topological polar surface area (TPSA) is 52.6 Å². The van der Waals surface area contributed by atoms with Gasteiger partial charge in [0.15, 0.2) is 0 Å². The highest BCUT2D eigenvalue weighted by molar-refractivity contribution is 6.00. The minimum atomic E-state index is -0.331. The molecule has 0 aromatic rings. The summed E-state index contributed by atoms with van der Waals surface area (Å²) in [7, 11) is 0. The Morgan fingerprint density at radius 3 is 1.27 bits per heavy atom. The molecule has 0 saturated carbocycles. The Morgan fingerprint density at radius 1 is 0.567 bits per heavy atom. The summed E-state index contributed by atoms with van der Waals surface area (Å²) in [6, 6.07) is 0. The average Bonchev–Trinajstić information content (AvgIpc) is 2.70. The molecule has 0 fully saturated rings. The number of esters is 2. The fraction of sp³-hybridized carbons (Fsp3) is 0.846. The summed E-state index contributed by atoms with van der Waals surface area (Å²) in [6.45, 7) is 13.2. The van der Waals surface area contributed by atoms with Gasteiger partial charge in [-0.2, -0.15) is 0 Å². The summed E-state index contributed by atoms with van der Waals surface area (Å²) >= 11 is 0. The first-order chi connectivity index (χ1) is 14.3. The summed E-state index contributed by atoms with van der Waals surface area (Å²) in [5.41, 5.74) is 1.10. The molecule has 0 amide bonds. The summed E-state index contributed by atoms with van der Waals surface area (Å²) in [4.78, 5) is 25.8. The third kappa shape index (κ3) is 14.6. The van der Waals surface area contributed by atoms with E-state index < -0.39 is 0 Å². The summed E-state index contributed by atoms with van der Waals surface area (Å²) in [5.74, 6) is -0.123. The van der Waals surface area contributed by atoms with Gasteiger partial charge in [-0.05, 0) is 37.5 Å². The number of hydrogen-bond acceptors (Lipinski definition) is 4. The van der Waals surface area contributed by atoms with E-state index >= 15 is 0 Å². The zero-order valence-electron chi connectivity index (χ0n) is 20.7. The van der Waals surface area contributed by atoms with Crippen molar-refractivity contribution in [3.05, 3.63) is 11.1 Å². The molecule has 0 rings (SSSR count). The number of hydrogen-bond donors (Lipinski definition) is 0. The van der Waals surface area contributed by atoms with Crippen LogP contribution in [0.5, 0.6) is 0 Å². The van der Waals surface area contributed by atoms with E-state index in [4.69, 9.17) is 9.47 Å². The van der Waals surface area contributed by atoms with Crippen LogP contribution in [0.2, 0.25) is 0 Å². The van der Waals surface area contributed by atoms with Crippen LogP contribution in [0.1, 0.15) is 119 Å². The highest BCUT2D eigenvalue weighted by Gasteiger charge is 2.23. The van der Waals surface area contributed by atoms with Gasteiger partial charge in [0.2, 0.25) is 0 Å². The molecule has 0 unspecified atom stereocenters. The fourth-order valence-electron chi connectivity index (χ4n) is 3.22. The van der Waals surface area contributed by atoms with Gasteiger partial charge >= 0.3 is 11.9 Å². The van der Waals surface area contributed by atoms with Crippen LogP contribution in [-0.4, -0.2) is 25.2 Å². The lowest BCUT2D eigenvalue weighted by Gasteiger charge is -2.16. The maximum absolute atomic E-state index is 12.9. The molecule has 0 bridgehead atoms. The highest BCUT2D eigenvalue weighted by Crippen LogP contribution is 2.23. The van der Waals surface area contributed by atoms with Gasteiger partial charge in [0.05, 0.1) is 13.2 Å². The second-order valence-corrected chi connectivity index (χ2v) is 9.27. The molecule has 176 valence electrons. The maximum atomic E-state index is 12.9. The molecule has 0 aliphatic rings. The van der Waals surface area contributed by atoms with Gasteiger partial charge in [-0.1, -0.05) is 92.9 Å². The molecule has 4 heteroatoms. The number of carbonyl (C=O) groups is 2. The van der Waals surface area contributed by atoms with Crippen molar-refractivity contribution in [1.82, 2.24) is 0 Å². The van der Waals surface area contributed by atoms with Crippen molar-refractivity contribution >= 4 is 11.9 Å². The standard InChI is InChI=1S/C26H48O4/c1-7-9-11-13-14-16-18-24(26(28)30-20-22(5)6)23(17-15-12-10-8-2)25(27)29-19-21(3)4/h21-22H,7-20H2,1-6H3/b24-23-. The first-order valence-corrected chi connectivity index (χ1v) is 12.4. The average molecular weight is 425 g/mol. The van der Waals surface area contributed by atoms with Gasteiger partial charge in [0.1, 0.15) is 0 Å². The first kappa shape index (κ1) is 28.7. The van der Waals surface area contributed by atoms with Gasteiger partial charge in [0.25, 0.3) is 0 Å². The van der Waals surface area contributed by atoms with Crippen molar-refractivity contribution < 1.29 is 19.1 Å². The molecule has 0 aliphatic heterocycles. The molecule has 0 heterocycles. The molecule has 4 nitrogen and oxygen atoms in total. The van der Waals surface area contributed by atoms with Gasteiger partial charge in [0, 0.05) is 11.1 Å². The van der Waals surface area contributed by atoms with E-state index in [1.165, 1.54) is 25.7 Å². The number of rotatable bonds is 18. The van der Waals surface area contributed by atoms with E-state index in [-0.39, 0.29) is 23.8 Å². The number of carbonyl (C=O) groups excluding carboxylic acids is 2. The van der Waals surface area contributed by atoms with Crippen molar-refractivity contribution in [2.24, 2.45) is 11.8 Å². The predicted octanol–water partition coefficient (Wildman–Crippen LogP) is 7.40. The molecule has 0 aromatic heterocycles. The lowest BCUT2D eigenvalue weighted by molar-refractivity contribution is -0.143. The van der Waals surface area contributed by atoms with Crippen LogP contribution >= 0.6 is 0 Å². The van der Waals surface area contributed by atoms with Crippen molar-refractivity contribution in [1.29, 1.82) is 0 Å². The van der Waals surface area contributed by atoms with E-state index in [9.17, 15) is 9.59 Å². The minimum absolute atomic E-state index is 0.269. The quantitative estimate of drug-likeness (QED) is 0.131. The second kappa shape index (κ2) is 18.4. The van der Waals surface area contributed by atoms with Crippen molar-refractivity contribution in [2.75, 3.05) is 13.2 Å². The van der Waals surface area contributed by atoms with Crippen molar-refractivity contribution in [2.45, 2.75) is 119 Å². The van der Waals surface area contributed by atoms with E-state index in [1.807, 2.05) is 27.7 Å². The smallest absolute Gasteiger partial charge is 0.334 e. The molecule has 0 aliphatic carbocycles. The lowest BCUT2D eigenvalue weighted by atomic mass is 9.96. The van der Waals surface area contributed by atoms with Crippen LogP contribution in [0.25, 0.3) is 0 Å². The Bertz CT molecular complexity index is 491. The molecule has 0 spiro atoms. The summed E-state index contributed by atoms with van der Waals surface area (Å²) < 4.78 is 11.1. The van der Waals surface area contributed by atoms with E-state index in [0.29, 0.717) is 37.2 Å². The second-order valence-electron chi connectivity index (χ2n) is 9.27. The molecular weight excluding hydrogens is 376 g/mol. The van der Waals surface area contributed by atoms with Gasteiger partial charge in [-0.15, -0.1) is 0 Å². The van der Waals surface area contributed by atoms with Gasteiger partial charge in [-0.25, -0.2) is 9.59 Å². The fourth-order valence-corrected chi connectivity index (χ4v) is 3.22. The minimum Gasteiger partial charge on any atom is -0.462 e.